The van der Waals surface area contributed by atoms with Gasteiger partial charge in [0.2, 0.25) is 0 Å². The zero-order valence-electron chi connectivity index (χ0n) is 15.0. The Morgan fingerprint density at radius 1 is 1.07 bits per heavy atom. The molecule has 1 aliphatic carbocycles. The molecule has 0 unspecified atom stereocenters. The number of carbonyl (C=O) groups excluding carboxylic acids is 1. The van der Waals surface area contributed by atoms with Gasteiger partial charge in [0, 0.05) is 6.42 Å². The van der Waals surface area contributed by atoms with Gasteiger partial charge in [0.15, 0.2) is 11.4 Å². The zero-order valence-corrected chi connectivity index (χ0v) is 15.0. The lowest BCUT2D eigenvalue weighted by Gasteiger charge is -2.24. The summed E-state index contributed by atoms with van der Waals surface area (Å²) in [6.07, 6.45) is 2.62. The lowest BCUT2D eigenvalue weighted by atomic mass is 9.81. The lowest BCUT2D eigenvalue weighted by molar-refractivity contribution is 0.0964. The maximum absolute atomic E-state index is 13.7. The monoisotopic (exact) mass is 372 g/mol. The number of benzene rings is 2. The van der Waals surface area contributed by atoms with Crippen molar-refractivity contribution in [1.29, 1.82) is 0 Å². The first-order valence-electron chi connectivity index (χ1n) is 9.12. The molecule has 5 rings (SSSR count). The molecule has 0 bridgehead atoms. The number of fused-ring (bicyclic) bond motifs is 2. The Labute approximate surface area is 160 Å². The van der Waals surface area contributed by atoms with Gasteiger partial charge in [0.1, 0.15) is 5.82 Å². The number of aromatic nitrogens is 3. The first kappa shape index (κ1) is 16.6. The van der Waals surface area contributed by atoms with Crippen LogP contribution in [0.2, 0.25) is 0 Å². The van der Waals surface area contributed by atoms with Crippen LogP contribution in [0.3, 0.4) is 0 Å². The Morgan fingerprint density at radius 2 is 1.89 bits per heavy atom. The van der Waals surface area contributed by atoms with E-state index in [1.807, 2.05) is 30.3 Å². The van der Waals surface area contributed by atoms with E-state index in [9.17, 15) is 9.18 Å². The van der Waals surface area contributed by atoms with Crippen LogP contribution in [0.1, 0.15) is 34.0 Å². The molecule has 1 atom stereocenters. The number of rotatable bonds is 2. The first-order valence-corrected chi connectivity index (χ1v) is 9.12. The predicted octanol–water partition coefficient (Wildman–Crippen LogP) is 4.05. The third-order valence-electron chi connectivity index (χ3n) is 5.31. The molecule has 28 heavy (non-hydrogen) atoms. The van der Waals surface area contributed by atoms with Gasteiger partial charge in [-0.3, -0.25) is 4.79 Å². The molecule has 138 valence electrons. The van der Waals surface area contributed by atoms with Crippen LogP contribution in [-0.4, -0.2) is 20.5 Å². The number of nitrogens with zero attached hydrogens (tertiary/aromatic N) is 3. The van der Waals surface area contributed by atoms with Crippen molar-refractivity contribution < 1.29 is 9.18 Å². The van der Waals surface area contributed by atoms with E-state index in [-0.39, 0.29) is 17.5 Å². The van der Waals surface area contributed by atoms with Crippen LogP contribution in [0.15, 0.2) is 60.8 Å². The minimum atomic E-state index is -0.355. The van der Waals surface area contributed by atoms with Crippen molar-refractivity contribution in [3.8, 4) is 5.69 Å². The number of hydrogen-bond donors (Lipinski definition) is 1. The molecule has 6 heteroatoms. The van der Waals surface area contributed by atoms with E-state index in [4.69, 9.17) is 10.7 Å². The number of nitrogens with two attached hydrogens (primary N) is 1. The van der Waals surface area contributed by atoms with E-state index in [2.05, 4.69) is 5.10 Å². The molecule has 0 aliphatic heterocycles. The summed E-state index contributed by atoms with van der Waals surface area (Å²) in [5, 5.41) is 4.94. The molecule has 0 amide bonds. The quantitative estimate of drug-likeness (QED) is 0.576. The van der Waals surface area contributed by atoms with Gasteiger partial charge in [-0.15, -0.1) is 0 Å². The molecule has 0 spiro atoms. The van der Waals surface area contributed by atoms with Crippen molar-refractivity contribution >= 4 is 22.5 Å². The normalized spacial score (nSPS) is 16.3. The Balaban J connectivity index is 1.67. The number of pyridine rings is 1. The molecular formula is C22H17FN4O. The smallest absolute Gasteiger partial charge is 0.167 e. The van der Waals surface area contributed by atoms with Crippen molar-refractivity contribution in [1.82, 2.24) is 14.8 Å². The SMILES string of the molecule is Nc1c2c(nc3c1cnn3-c1cccc(F)c1)C[C@@H](c1ccccc1)CC2=O. The first-order chi connectivity index (χ1) is 13.6. The van der Waals surface area contributed by atoms with Crippen LogP contribution < -0.4 is 5.73 Å². The van der Waals surface area contributed by atoms with Gasteiger partial charge < -0.3 is 5.73 Å². The van der Waals surface area contributed by atoms with Crippen molar-refractivity contribution in [3.05, 3.63) is 83.4 Å². The summed E-state index contributed by atoms with van der Waals surface area (Å²) >= 11 is 0. The van der Waals surface area contributed by atoms with Gasteiger partial charge in [-0.1, -0.05) is 36.4 Å². The fraction of sp³-hybridized carbons (Fsp3) is 0.136. The van der Waals surface area contributed by atoms with Crippen molar-refractivity contribution in [3.63, 3.8) is 0 Å². The number of hydrogen-bond acceptors (Lipinski definition) is 4. The van der Waals surface area contributed by atoms with Crippen molar-refractivity contribution in [2.75, 3.05) is 5.73 Å². The summed E-state index contributed by atoms with van der Waals surface area (Å²) < 4.78 is 15.2. The van der Waals surface area contributed by atoms with Crippen LogP contribution in [-0.2, 0) is 6.42 Å². The molecule has 2 aromatic heterocycles. The molecule has 1 aliphatic rings. The summed E-state index contributed by atoms with van der Waals surface area (Å²) in [7, 11) is 0. The van der Waals surface area contributed by atoms with E-state index >= 15 is 0 Å². The highest BCUT2D eigenvalue weighted by Crippen LogP contribution is 2.37. The fourth-order valence-electron chi connectivity index (χ4n) is 3.96. The Bertz CT molecular complexity index is 1220. The summed E-state index contributed by atoms with van der Waals surface area (Å²) in [6.45, 7) is 0. The largest absolute Gasteiger partial charge is 0.397 e. The van der Waals surface area contributed by atoms with Crippen molar-refractivity contribution in [2.24, 2.45) is 0 Å². The van der Waals surface area contributed by atoms with E-state index in [1.165, 1.54) is 12.1 Å². The predicted molar refractivity (Wildman–Crippen MR) is 105 cm³/mol. The van der Waals surface area contributed by atoms with E-state index < -0.39 is 0 Å². The minimum absolute atomic E-state index is 0.000471. The molecule has 2 N–H and O–H groups in total. The van der Waals surface area contributed by atoms with Crippen LogP contribution in [0.4, 0.5) is 10.1 Å². The Kier molecular flexibility index (Phi) is 3.72. The number of halogens is 1. The summed E-state index contributed by atoms with van der Waals surface area (Å²) in [6, 6.07) is 16.1. The third-order valence-corrected chi connectivity index (χ3v) is 5.31. The van der Waals surface area contributed by atoms with E-state index in [0.717, 1.165) is 5.56 Å². The average Bonchev–Trinajstić information content (AvgIpc) is 3.12. The number of ketones is 1. The maximum atomic E-state index is 13.7. The minimum Gasteiger partial charge on any atom is -0.397 e. The van der Waals surface area contributed by atoms with E-state index in [0.29, 0.717) is 46.5 Å². The summed E-state index contributed by atoms with van der Waals surface area (Å²) in [5.41, 5.74) is 10.1. The summed E-state index contributed by atoms with van der Waals surface area (Å²) in [4.78, 5) is 17.6. The van der Waals surface area contributed by atoms with Crippen LogP contribution in [0.5, 0.6) is 0 Å². The van der Waals surface area contributed by atoms with Gasteiger partial charge in [-0.25, -0.2) is 14.1 Å². The molecule has 2 heterocycles. The van der Waals surface area contributed by atoms with Gasteiger partial charge >= 0.3 is 0 Å². The molecule has 0 saturated carbocycles. The van der Waals surface area contributed by atoms with E-state index in [1.54, 1.807) is 23.0 Å². The van der Waals surface area contributed by atoms with Crippen LogP contribution in [0, 0.1) is 5.82 Å². The van der Waals surface area contributed by atoms with Crippen molar-refractivity contribution in [2.45, 2.75) is 18.8 Å². The number of anilines is 1. The molecule has 0 fully saturated rings. The third kappa shape index (κ3) is 2.57. The number of Topliss-reactive ketones (excluding diaryl/α,β-unsaturated/α-hetero) is 1. The standard InChI is InChI=1S/C22H17FN4O/c23-15-7-4-8-16(11-15)27-22-17(12-25-27)21(24)20-18(26-22)9-14(10-19(20)28)13-5-2-1-3-6-13/h1-8,11-12,14H,9-10H2,(H2,24,26)/t14-/m1/s1. The highest BCUT2D eigenvalue weighted by atomic mass is 19.1. The zero-order chi connectivity index (χ0) is 19.3. The average molecular weight is 372 g/mol. The Morgan fingerprint density at radius 3 is 2.68 bits per heavy atom. The fourth-order valence-corrected chi connectivity index (χ4v) is 3.96. The molecule has 0 radical (unpaired) electrons. The van der Waals surface area contributed by atoms with Crippen LogP contribution >= 0.6 is 0 Å². The number of nitrogen functional groups attached to an aromatic ring is 1. The second-order valence-electron chi connectivity index (χ2n) is 7.06. The maximum Gasteiger partial charge on any atom is 0.167 e. The second-order valence-corrected chi connectivity index (χ2v) is 7.06. The second kappa shape index (κ2) is 6.27. The molecule has 5 nitrogen and oxygen atoms in total. The highest BCUT2D eigenvalue weighted by molar-refractivity contribution is 6.09. The van der Waals surface area contributed by atoms with Crippen LogP contribution in [0.25, 0.3) is 16.7 Å². The molecule has 4 aromatic rings. The molecule has 2 aromatic carbocycles. The lowest BCUT2D eigenvalue weighted by Crippen LogP contribution is -2.22. The molecular weight excluding hydrogens is 355 g/mol. The summed E-state index contributed by atoms with van der Waals surface area (Å²) in [5.74, 6) is -0.289. The van der Waals surface area contributed by atoms with Gasteiger partial charge in [-0.2, -0.15) is 5.10 Å². The Hall–Kier alpha value is -3.54. The number of carbonyl (C=O) groups is 1. The van der Waals surface area contributed by atoms with Gasteiger partial charge in [0.25, 0.3) is 0 Å². The molecule has 0 saturated heterocycles. The van der Waals surface area contributed by atoms with Gasteiger partial charge in [-0.05, 0) is 36.1 Å². The highest BCUT2D eigenvalue weighted by Gasteiger charge is 2.31. The van der Waals surface area contributed by atoms with Gasteiger partial charge in [0.05, 0.1) is 34.2 Å². The topological polar surface area (TPSA) is 73.8 Å².